The van der Waals surface area contributed by atoms with E-state index in [4.69, 9.17) is 16.1 Å². The first-order chi connectivity index (χ1) is 9.10. The summed E-state index contributed by atoms with van der Waals surface area (Å²) in [6.07, 6.45) is 0. The maximum atomic E-state index is 11.0. The summed E-state index contributed by atoms with van der Waals surface area (Å²) >= 11 is 5.88. The van der Waals surface area contributed by atoms with Crippen LogP contribution in [0.25, 0.3) is 0 Å². The van der Waals surface area contributed by atoms with Crippen LogP contribution in [0.3, 0.4) is 0 Å². The van der Waals surface area contributed by atoms with E-state index in [-0.39, 0.29) is 11.8 Å². The molecule has 0 unspecified atom stereocenters. The molecule has 6 heteroatoms. The van der Waals surface area contributed by atoms with Crippen LogP contribution < -0.4 is 10.00 Å². The summed E-state index contributed by atoms with van der Waals surface area (Å²) in [5.74, 6) is 0.296. The minimum absolute atomic E-state index is 0.213. The van der Waals surface area contributed by atoms with Gasteiger partial charge in [0.2, 0.25) is 17.7 Å². The van der Waals surface area contributed by atoms with Crippen molar-refractivity contribution in [1.29, 1.82) is 0 Å². The molecule has 1 aromatic carbocycles. The number of carbonyl (C=O) groups excluding carboxylic acids is 1. The Morgan fingerprint density at radius 1 is 1.42 bits per heavy atom. The van der Waals surface area contributed by atoms with E-state index < -0.39 is 0 Å². The lowest BCUT2D eigenvalue weighted by molar-refractivity contribution is -0.760. The molecular formula is C13H15ClN3O2+. The average Bonchev–Trinajstić information content (AvgIpc) is 2.73. The van der Waals surface area contributed by atoms with E-state index in [1.54, 1.807) is 4.68 Å². The Bertz CT molecular complexity index is 578. The zero-order valence-electron chi connectivity index (χ0n) is 10.8. The van der Waals surface area contributed by atoms with Crippen LogP contribution in [0.15, 0.2) is 28.8 Å². The van der Waals surface area contributed by atoms with Crippen molar-refractivity contribution in [2.45, 2.75) is 26.3 Å². The van der Waals surface area contributed by atoms with E-state index in [0.29, 0.717) is 18.1 Å². The number of halogens is 1. The summed E-state index contributed by atoms with van der Waals surface area (Å²) in [5, 5.41) is 6.47. The second kappa shape index (κ2) is 5.84. The highest BCUT2D eigenvalue weighted by Crippen LogP contribution is 2.13. The molecule has 0 aliphatic carbocycles. The number of aryl methyl sites for hydroxylation is 1. The lowest BCUT2D eigenvalue weighted by Gasteiger charge is -1.96. The molecule has 1 heterocycles. The number of nitrogens with zero attached hydrogens (tertiary/aromatic N) is 2. The summed E-state index contributed by atoms with van der Waals surface area (Å²) in [6, 6.07) is 8.11. The number of nitrogens with one attached hydrogen (secondary N) is 1. The highest BCUT2D eigenvalue weighted by Gasteiger charge is 2.24. The third-order valence-corrected chi connectivity index (χ3v) is 2.93. The Labute approximate surface area is 116 Å². The predicted octanol–water partition coefficient (Wildman–Crippen LogP) is 2.02. The second-order valence-corrected chi connectivity index (χ2v) is 4.57. The van der Waals surface area contributed by atoms with Crippen molar-refractivity contribution in [2.75, 3.05) is 5.32 Å². The Balaban J connectivity index is 2.22. The monoisotopic (exact) mass is 280 g/mol. The molecule has 0 saturated heterocycles. The van der Waals surface area contributed by atoms with Gasteiger partial charge in [0.25, 0.3) is 5.69 Å². The molecule has 0 aliphatic rings. The standard InChI is InChI=1S/C13H14ClN3O2/c1-9-3-5-11(6-4-9)8-17-12(7-14)13(19-16-17)15-10(2)18/h3-6H,7-8H2,1-2H3/p+1. The van der Waals surface area contributed by atoms with Crippen molar-refractivity contribution < 1.29 is 14.0 Å². The van der Waals surface area contributed by atoms with Gasteiger partial charge in [-0.3, -0.25) is 14.6 Å². The molecule has 2 aromatic rings. The fourth-order valence-corrected chi connectivity index (χ4v) is 1.94. The van der Waals surface area contributed by atoms with Gasteiger partial charge in [-0.05, 0) is 11.6 Å². The molecular weight excluding hydrogens is 266 g/mol. The van der Waals surface area contributed by atoms with Gasteiger partial charge in [-0.1, -0.05) is 29.8 Å². The van der Waals surface area contributed by atoms with Crippen molar-refractivity contribution in [3.63, 3.8) is 0 Å². The zero-order chi connectivity index (χ0) is 13.8. The predicted molar refractivity (Wildman–Crippen MR) is 70.8 cm³/mol. The van der Waals surface area contributed by atoms with Gasteiger partial charge in [0.1, 0.15) is 5.88 Å². The Morgan fingerprint density at radius 2 is 2.11 bits per heavy atom. The minimum Gasteiger partial charge on any atom is -0.289 e. The molecule has 1 aromatic heterocycles. The van der Waals surface area contributed by atoms with E-state index in [2.05, 4.69) is 10.6 Å². The first kappa shape index (κ1) is 13.5. The van der Waals surface area contributed by atoms with Gasteiger partial charge >= 0.3 is 5.88 Å². The first-order valence-corrected chi connectivity index (χ1v) is 6.41. The first-order valence-electron chi connectivity index (χ1n) is 5.88. The highest BCUT2D eigenvalue weighted by molar-refractivity contribution is 6.17. The lowest BCUT2D eigenvalue weighted by atomic mass is 10.1. The topological polar surface area (TPSA) is 59.0 Å². The van der Waals surface area contributed by atoms with E-state index in [9.17, 15) is 4.79 Å². The van der Waals surface area contributed by atoms with Crippen molar-refractivity contribution in [2.24, 2.45) is 0 Å². The van der Waals surface area contributed by atoms with Crippen LogP contribution in [-0.4, -0.2) is 11.2 Å². The van der Waals surface area contributed by atoms with Crippen LogP contribution >= 0.6 is 11.6 Å². The van der Waals surface area contributed by atoms with Gasteiger partial charge in [-0.15, -0.1) is 11.6 Å². The Hall–Kier alpha value is -1.88. The van der Waals surface area contributed by atoms with Gasteiger partial charge in [0.15, 0.2) is 0 Å². The normalized spacial score (nSPS) is 10.5. The Morgan fingerprint density at radius 3 is 2.68 bits per heavy atom. The summed E-state index contributed by atoms with van der Waals surface area (Å²) in [5.41, 5.74) is 2.94. The van der Waals surface area contributed by atoms with Gasteiger partial charge in [-0.25, -0.2) is 0 Å². The van der Waals surface area contributed by atoms with Crippen LogP contribution in [0.2, 0.25) is 0 Å². The number of aromatic nitrogens is 2. The highest BCUT2D eigenvalue weighted by atomic mass is 35.5. The number of rotatable bonds is 4. The summed E-state index contributed by atoms with van der Waals surface area (Å²) < 4.78 is 6.73. The molecule has 100 valence electrons. The quantitative estimate of drug-likeness (QED) is 0.688. The van der Waals surface area contributed by atoms with Crippen molar-refractivity contribution in [3.05, 3.63) is 41.1 Å². The summed E-state index contributed by atoms with van der Waals surface area (Å²) in [4.78, 5) is 11.0. The van der Waals surface area contributed by atoms with E-state index in [0.717, 1.165) is 5.56 Å². The third kappa shape index (κ3) is 3.32. The fourth-order valence-electron chi connectivity index (χ4n) is 1.68. The molecule has 0 saturated carbocycles. The lowest BCUT2D eigenvalue weighted by Crippen LogP contribution is -2.39. The van der Waals surface area contributed by atoms with Crippen LogP contribution in [0, 0.1) is 6.92 Å². The fraction of sp³-hybridized carbons (Fsp3) is 0.308. The molecule has 19 heavy (non-hydrogen) atoms. The van der Waals surface area contributed by atoms with E-state index in [1.165, 1.54) is 12.5 Å². The smallest absolute Gasteiger partial charge is 0.289 e. The Kier molecular flexibility index (Phi) is 4.16. The molecule has 0 aliphatic heterocycles. The largest absolute Gasteiger partial charge is 0.306 e. The van der Waals surface area contributed by atoms with Crippen LogP contribution in [-0.2, 0) is 17.2 Å². The molecule has 0 bridgehead atoms. The van der Waals surface area contributed by atoms with E-state index >= 15 is 0 Å². The van der Waals surface area contributed by atoms with Gasteiger partial charge in [0, 0.05) is 12.5 Å². The number of benzene rings is 1. The van der Waals surface area contributed by atoms with Crippen LogP contribution in [0.1, 0.15) is 23.7 Å². The average molecular weight is 281 g/mol. The molecule has 0 atom stereocenters. The summed E-state index contributed by atoms with van der Waals surface area (Å²) in [7, 11) is 0. The van der Waals surface area contributed by atoms with Crippen molar-refractivity contribution >= 4 is 23.4 Å². The molecule has 0 radical (unpaired) electrons. The van der Waals surface area contributed by atoms with E-state index in [1.807, 2.05) is 31.2 Å². The molecule has 1 N–H and O–H groups in total. The molecule has 2 rings (SSSR count). The number of alkyl halides is 1. The maximum absolute atomic E-state index is 11.0. The summed E-state index contributed by atoms with van der Waals surface area (Å²) in [6.45, 7) is 3.99. The number of anilines is 1. The van der Waals surface area contributed by atoms with Crippen molar-refractivity contribution in [1.82, 2.24) is 5.27 Å². The minimum atomic E-state index is -0.218. The molecule has 0 fully saturated rings. The number of hydrogen-bond donors (Lipinski definition) is 1. The van der Waals surface area contributed by atoms with Gasteiger partial charge in [-0.2, -0.15) is 0 Å². The second-order valence-electron chi connectivity index (χ2n) is 4.31. The third-order valence-electron chi connectivity index (χ3n) is 2.67. The SMILES string of the molecule is CC(=O)Nc1on[n+](Cc2ccc(C)cc2)c1CCl. The molecule has 0 spiro atoms. The molecule has 1 amide bonds. The van der Waals surface area contributed by atoms with Crippen molar-refractivity contribution in [3.8, 4) is 0 Å². The molecule has 5 nitrogen and oxygen atoms in total. The van der Waals surface area contributed by atoms with Crippen LogP contribution in [0.4, 0.5) is 5.88 Å². The zero-order valence-corrected chi connectivity index (χ0v) is 11.6. The number of hydrogen-bond acceptors (Lipinski definition) is 3. The number of carbonyl (C=O) groups is 1. The van der Waals surface area contributed by atoms with Crippen LogP contribution in [0.5, 0.6) is 0 Å². The number of amides is 1. The van der Waals surface area contributed by atoms with Gasteiger partial charge < -0.3 is 0 Å². The maximum Gasteiger partial charge on any atom is 0.306 e. The van der Waals surface area contributed by atoms with Gasteiger partial charge in [0.05, 0.1) is 0 Å².